The quantitative estimate of drug-likeness (QED) is 0.849. The van der Waals surface area contributed by atoms with Gasteiger partial charge in [-0.25, -0.2) is 0 Å². The maximum absolute atomic E-state index is 6.47. The molecule has 0 amide bonds. The van der Waals surface area contributed by atoms with Crippen molar-refractivity contribution in [3.05, 3.63) is 59.7 Å². The minimum atomic E-state index is -0.228. The molecule has 3 heteroatoms. The number of hydrogen-bond donors (Lipinski definition) is 1. The molecule has 0 bridgehead atoms. The van der Waals surface area contributed by atoms with E-state index in [2.05, 4.69) is 37.3 Å². The van der Waals surface area contributed by atoms with Gasteiger partial charge in [0.25, 0.3) is 0 Å². The molecule has 0 saturated heterocycles. The van der Waals surface area contributed by atoms with Crippen LogP contribution in [0.4, 0.5) is 0 Å². The predicted molar refractivity (Wildman–Crippen MR) is 90.6 cm³/mol. The fourth-order valence-electron chi connectivity index (χ4n) is 2.62. The van der Waals surface area contributed by atoms with Gasteiger partial charge < -0.3 is 15.2 Å². The van der Waals surface area contributed by atoms with Gasteiger partial charge >= 0.3 is 0 Å². The Morgan fingerprint density at radius 3 is 2.23 bits per heavy atom. The van der Waals surface area contributed by atoms with Crippen molar-refractivity contribution in [1.82, 2.24) is 0 Å². The Kier molecular flexibility index (Phi) is 5.45. The molecule has 0 saturated carbocycles. The zero-order valence-corrected chi connectivity index (χ0v) is 13.6. The summed E-state index contributed by atoms with van der Waals surface area (Å²) in [5.74, 6) is 1.52. The smallest absolute Gasteiger partial charge is 0.160 e. The minimum Gasteiger partial charge on any atom is -0.493 e. The van der Waals surface area contributed by atoms with Gasteiger partial charge in [-0.05, 0) is 49.4 Å². The van der Waals surface area contributed by atoms with E-state index in [1.54, 1.807) is 14.2 Å². The molecule has 0 radical (unpaired) electrons. The first-order valence-corrected chi connectivity index (χ1v) is 7.58. The van der Waals surface area contributed by atoms with E-state index in [1.807, 2.05) is 18.2 Å². The maximum atomic E-state index is 6.47. The van der Waals surface area contributed by atoms with Crippen molar-refractivity contribution in [3.63, 3.8) is 0 Å². The average molecular weight is 299 g/mol. The number of benzene rings is 2. The first kappa shape index (κ1) is 16.4. The standard InChI is InChI=1S/C19H25NO2/c1-19(20,14-16-7-5-4-6-8-16)12-11-15-9-10-17(21-2)18(13-15)22-3/h4-10,13H,11-12,14,20H2,1-3H3/t19-/m0/s1. The van der Waals surface area contributed by atoms with Gasteiger partial charge in [0.15, 0.2) is 11.5 Å². The van der Waals surface area contributed by atoms with Crippen molar-refractivity contribution in [2.24, 2.45) is 5.73 Å². The zero-order chi connectivity index (χ0) is 16.0. The summed E-state index contributed by atoms with van der Waals surface area (Å²) in [5, 5.41) is 0. The van der Waals surface area contributed by atoms with Crippen molar-refractivity contribution < 1.29 is 9.47 Å². The van der Waals surface area contributed by atoms with Gasteiger partial charge in [0.2, 0.25) is 0 Å². The maximum Gasteiger partial charge on any atom is 0.160 e. The van der Waals surface area contributed by atoms with E-state index in [9.17, 15) is 0 Å². The zero-order valence-electron chi connectivity index (χ0n) is 13.6. The van der Waals surface area contributed by atoms with E-state index in [4.69, 9.17) is 15.2 Å². The van der Waals surface area contributed by atoms with Crippen molar-refractivity contribution in [1.29, 1.82) is 0 Å². The van der Waals surface area contributed by atoms with Crippen molar-refractivity contribution in [2.45, 2.75) is 31.7 Å². The second kappa shape index (κ2) is 7.32. The fourth-order valence-corrected chi connectivity index (χ4v) is 2.62. The summed E-state index contributed by atoms with van der Waals surface area (Å²) in [6.07, 6.45) is 2.71. The molecule has 0 heterocycles. The largest absolute Gasteiger partial charge is 0.493 e. The normalized spacial score (nSPS) is 13.5. The molecule has 0 aliphatic rings. The van der Waals surface area contributed by atoms with Crippen LogP contribution < -0.4 is 15.2 Å². The van der Waals surface area contributed by atoms with E-state index < -0.39 is 0 Å². The second-order valence-corrected chi connectivity index (χ2v) is 6.01. The van der Waals surface area contributed by atoms with Gasteiger partial charge in [0, 0.05) is 5.54 Å². The number of hydrogen-bond acceptors (Lipinski definition) is 3. The highest BCUT2D eigenvalue weighted by atomic mass is 16.5. The SMILES string of the molecule is COc1ccc(CC[C@](C)(N)Cc2ccccc2)cc1OC. The van der Waals surface area contributed by atoms with Crippen LogP contribution in [0.5, 0.6) is 11.5 Å². The van der Waals surface area contributed by atoms with Crippen LogP contribution in [-0.4, -0.2) is 19.8 Å². The number of aryl methyl sites for hydroxylation is 1. The number of methoxy groups -OCH3 is 2. The van der Waals surface area contributed by atoms with Crippen LogP contribution >= 0.6 is 0 Å². The van der Waals surface area contributed by atoms with Crippen LogP contribution in [0.1, 0.15) is 24.5 Å². The van der Waals surface area contributed by atoms with Crippen molar-refractivity contribution in [3.8, 4) is 11.5 Å². The Morgan fingerprint density at radius 2 is 1.59 bits per heavy atom. The third-order valence-electron chi connectivity index (χ3n) is 3.88. The molecule has 0 fully saturated rings. The topological polar surface area (TPSA) is 44.5 Å². The Labute approximate surface area is 133 Å². The lowest BCUT2D eigenvalue weighted by Crippen LogP contribution is -2.39. The van der Waals surface area contributed by atoms with Gasteiger partial charge in [0.05, 0.1) is 14.2 Å². The summed E-state index contributed by atoms with van der Waals surface area (Å²) in [4.78, 5) is 0. The highest BCUT2D eigenvalue weighted by Gasteiger charge is 2.19. The van der Waals surface area contributed by atoms with Gasteiger partial charge in [-0.15, -0.1) is 0 Å². The Balaban J connectivity index is 1.99. The molecule has 3 nitrogen and oxygen atoms in total. The lowest BCUT2D eigenvalue weighted by molar-refractivity contribution is 0.354. The lowest BCUT2D eigenvalue weighted by Gasteiger charge is -2.25. The molecule has 0 spiro atoms. The monoisotopic (exact) mass is 299 g/mol. The molecule has 0 aliphatic heterocycles. The summed E-state index contributed by atoms with van der Waals surface area (Å²) in [6.45, 7) is 2.11. The molecule has 2 aromatic carbocycles. The first-order valence-electron chi connectivity index (χ1n) is 7.58. The average Bonchev–Trinajstić information content (AvgIpc) is 2.53. The van der Waals surface area contributed by atoms with E-state index in [1.165, 1.54) is 11.1 Å². The van der Waals surface area contributed by atoms with Crippen LogP contribution in [0.2, 0.25) is 0 Å². The van der Waals surface area contributed by atoms with Crippen LogP contribution in [0.25, 0.3) is 0 Å². The van der Waals surface area contributed by atoms with Crippen LogP contribution in [0.3, 0.4) is 0 Å². The van der Waals surface area contributed by atoms with Crippen molar-refractivity contribution in [2.75, 3.05) is 14.2 Å². The molecule has 2 N–H and O–H groups in total. The summed E-state index contributed by atoms with van der Waals surface area (Å²) in [5.41, 5.74) is 8.73. The number of nitrogens with two attached hydrogens (primary N) is 1. The minimum absolute atomic E-state index is 0.228. The number of ether oxygens (including phenoxy) is 2. The molecule has 118 valence electrons. The molecule has 1 atom stereocenters. The summed E-state index contributed by atoms with van der Waals surface area (Å²) in [7, 11) is 3.30. The highest BCUT2D eigenvalue weighted by molar-refractivity contribution is 5.43. The predicted octanol–water partition coefficient (Wildman–Crippen LogP) is 3.60. The summed E-state index contributed by atoms with van der Waals surface area (Å²) in [6, 6.07) is 16.4. The molecule has 2 aromatic rings. The highest BCUT2D eigenvalue weighted by Crippen LogP contribution is 2.28. The lowest BCUT2D eigenvalue weighted by atomic mass is 9.88. The molecule has 0 aliphatic carbocycles. The fraction of sp³-hybridized carbons (Fsp3) is 0.368. The van der Waals surface area contributed by atoms with E-state index in [0.29, 0.717) is 0 Å². The molecule has 22 heavy (non-hydrogen) atoms. The Morgan fingerprint density at radius 1 is 0.909 bits per heavy atom. The van der Waals surface area contributed by atoms with Gasteiger partial charge in [-0.1, -0.05) is 36.4 Å². The molecular weight excluding hydrogens is 274 g/mol. The first-order chi connectivity index (χ1) is 10.5. The summed E-state index contributed by atoms with van der Waals surface area (Å²) < 4.78 is 10.6. The molecule has 0 unspecified atom stereocenters. The second-order valence-electron chi connectivity index (χ2n) is 6.01. The van der Waals surface area contributed by atoms with Crippen LogP contribution in [-0.2, 0) is 12.8 Å². The molecular formula is C19H25NO2. The molecule has 2 rings (SSSR count). The summed E-state index contributed by atoms with van der Waals surface area (Å²) >= 11 is 0. The van der Waals surface area contributed by atoms with Gasteiger partial charge in [0.1, 0.15) is 0 Å². The number of rotatable bonds is 7. The third-order valence-corrected chi connectivity index (χ3v) is 3.88. The Bertz CT molecular complexity index is 594. The van der Waals surface area contributed by atoms with E-state index >= 15 is 0 Å². The van der Waals surface area contributed by atoms with Crippen molar-refractivity contribution >= 4 is 0 Å². The third kappa shape index (κ3) is 4.50. The van der Waals surface area contributed by atoms with E-state index in [-0.39, 0.29) is 5.54 Å². The van der Waals surface area contributed by atoms with Gasteiger partial charge in [-0.2, -0.15) is 0 Å². The Hall–Kier alpha value is -2.00. The van der Waals surface area contributed by atoms with Crippen LogP contribution in [0.15, 0.2) is 48.5 Å². The van der Waals surface area contributed by atoms with E-state index in [0.717, 1.165) is 30.8 Å². The van der Waals surface area contributed by atoms with Gasteiger partial charge in [-0.3, -0.25) is 0 Å². The van der Waals surface area contributed by atoms with Crippen LogP contribution in [0, 0.1) is 0 Å². The molecule has 0 aromatic heterocycles.